The summed E-state index contributed by atoms with van der Waals surface area (Å²) in [7, 11) is 0. The maximum absolute atomic E-state index is 10.8. The Kier molecular flexibility index (Phi) is 6.08. The number of pyridine rings is 1. The predicted molar refractivity (Wildman–Crippen MR) is 104 cm³/mol. The number of nitrogens with two attached hydrogens (primary N) is 1. The number of primary amides is 1. The number of hydrogen-bond acceptors (Lipinski definition) is 4. The summed E-state index contributed by atoms with van der Waals surface area (Å²) in [4.78, 5) is 20.0. The molecule has 1 unspecified atom stereocenters. The van der Waals surface area contributed by atoms with E-state index >= 15 is 0 Å². The minimum atomic E-state index is -0.825. The van der Waals surface area contributed by atoms with E-state index in [1.165, 1.54) is 0 Å². The molecule has 2 heterocycles. The zero-order chi connectivity index (χ0) is 19.3. The third-order valence-electron chi connectivity index (χ3n) is 4.87. The number of hydroxylamine groups is 2. The smallest absolute Gasteiger partial charge is 0.338 e. The number of hydrogen-bond donors (Lipinski definition) is 2. The number of nitrogens with zero attached hydrogens (tertiary/aromatic N) is 3. The number of para-hydroxylation sites is 1. The molecule has 0 radical (unpaired) electrons. The molecule has 142 valence electrons. The lowest BCUT2D eigenvalue weighted by molar-refractivity contribution is -0.0403. The Morgan fingerprint density at radius 1 is 1.15 bits per heavy atom. The van der Waals surface area contributed by atoms with Gasteiger partial charge in [-0.1, -0.05) is 55.1 Å². The summed E-state index contributed by atoms with van der Waals surface area (Å²) >= 11 is 6.82. The second kappa shape index (κ2) is 8.50. The average Bonchev–Trinajstić information content (AvgIpc) is 2.98. The van der Waals surface area contributed by atoms with E-state index in [1.54, 1.807) is 6.20 Å². The summed E-state index contributed by atoms with van der Waals surface area (Å²) in [6.07, 6.45) is 7.74. The number of amides is 2. The van der Waals surface area contributed by atoms with E-state index in [-0.39, 0.29) is 6.54 Å². The van der Waals surface area contributed by atoms with Crippen molar-refractivity contribution < 1.29 is 10.0 Å². The fourth-order valence-corrected chi connectivity index (χ4v) is 3.85. The molecule has 0 aliphatic carbocycles. The molecule has 2 aromatic rings. The van der Waals surface area contributed by atoms with Crippen LogP contribution in [0, 0.1) is 0 Å². The molecule has 27 heavy (non-hydrogen) atoms. The third kappa shape index (κ3) is 4.12. The molecule has 6 nitrogen and oxygen atoms in total. The Morgan fingerprint density at radius 3 is 2.63 bits per heavy atom. The van der Waals surface area contributed by atoms with E-state index < -0.39 is 11.6 Å². The molecule has 0 saturated heterocycles. The molecule has 3 N–H and O–H groups in total. The van der Waals surface area contributed by atoms with Crippen molar-refractivity contribution in [3.05, 3.63) is 64.9 Å². The van der Waals surface area contributed by atoms with Crippen molar-refractivity contribution in [2.45, 2.75) is 37.6 Å². The normalized spacial score (nSPS) is 18.1. The molecule has 1 aromatic heterocycles. The number of fused-ring (bicyclic) bond motifs is 1. The highest BCUT2D eigenvalue weighted by Crippen LogP contribution is 2.42. The van der Waals surface area contributed by atoms with Gasteiger partial charge in [-0.2, -0.15) is 0 Å². The summed E-state index contributed by atoms with van der Waals surface area (Å²) in [5, 5.41) is 12.5. The van der Waals surface area contributed by atoms with Crippen molar-refractivity contribution in [1.82, 2.24) is 10.0 Å². The zero-order valence-electron chi connectivity index (χ0n) is 15.0. The second-order valence-electron chi connectivity index (χ2n) is 6.67. The van der Waals surface area contributed by atoms with Crippen LogP contribution in [0.4, 0.5) is 4.79 Å². The number of unbranched alkanes of at least 4 members (excludes halogenated alkanes) is 3. The van der Waals surface area contributed by atoms with Crippen LogP contribution in [0.3, 0.4) is 0 Å². The fraction of sp³-hybridized carbons (Fsp3) is 0.350. The van der Waals surface area contributed by atoms with Crippen LogP contribution < -0.4 is 16.3 Å². The van der Waals surface area contributed by atoms with Crippen LogP contribution in [0.5, 0.6) is 0 Å². The van der Waals surface area contributed by atoms with E-state index in [0.717, 1.165) is 46.9 Å². The maximum Gasteiger partial charge on any atom is 0.338 e. The molecule has 1 aliphatic rings. The first kappa shape index (κ1) is 19.3. The highest BCUT2D eigenvalue weighted by molar-refractivity contribution is 6.47. The van der Waals surface area contributed by atoms with E-state index in [1.807, 2.05) is 42.6 Å². The van der Waals surface area contributed by atoms with Crippen LogP contribution in [0.1, 0.15) is 37.7 Å². The summed E-state index contributed by atoms with van der Waals surface area (Å²) in [5.74, 6) is 0. The molecular formula is C20H23ClN4O2. The average molecular weight is 387 g/mol. The summed E-state index contributed by atoms with van der Waals surface area (Å²) in [6.45, 7) is 0.242. The van der Waals surface area contributed by atoms with Crippen molar-refractivity contribution in [3.63, 3.8) is 0 Å². The van der Waals surface area contributed by atoms with Gasteiger partial charge in [0.2, 0.25) is 0 Å². The lowest BCUT2D eigenvalue weighted by Gasteiger charge is -2.27. The Hall–Kier alpha value is -2.44. The molecule has 0 saturated carbocycles. The molecule has 2 amide bonds. The Bertz CT molecular complexity index is 919. The first-order valence-corrected chi connectivity index (χ1v) is 9.44. The van der Waals surface area contributed by atoms with Gasteiger partial charge in [0.05, 0.1) is 16.9 Å². The van der Waals surface area contributed by atoms with Crippen LogP contribution in [0.2, 0.25) is 0 Å². The van der Waals surface area contributed by atoms with E-state index in [9.17, 15) is 10.0 Å². The van der Waals surface area contributed by atoms with Gasteiger partial charge < -0.3 is 5.73 Å². The van der Waals surface area contributed by atoms with Gasteiger partial charge in [-0.3, -0.25) is 15.2 Å². The third-order valence-corrected chi connectivity index (χ3v) is 5.38. The molecule has 0 spiro atoms. The fourth-order valence-electron chi connectivity index (χ4n) is 3.45. The van der Waals surface area contributed by atoms with E-state index in [0.29, 0.717) is 11.5 Å². The van der Waals surface area contributed by atoms with Gasteiger partial charge >= 0.3 is 6.03 Å². The molecule has 0 fully saturated rings. The van der Waals surface area contributed by atoms with E-state index in [4.69, 9.17) is 22.3 Å². The van der Waals surface area contributed by atoms with Crippen LogP contribution in [0.15, 0.2) is 53.8 Å². The molecule has 0 bridgehead atoms. The number of carbonyl (C=O) groups is 1. The summed E-state index contributed by atoms with van der Waals surface area (Å²) in [5.41, 5.74) is 5.39. The molecular weight excluding hydrogens is 364 g/mol. The Morgan fingerprint density at radius 2 is 1.93 bits per heavy atom. The SMILES string of the molecule is NC(=O)N(O)CCCCCCC1(c2cccnc2)N=c2ccccc2=C1Cl. The van der Waals surface area contributed by atoms with Gasteiger partial charge in [0.1, 0.15) is 5.54 Å². The number of benzene rings is 1. The van der Waals surface area contributed by atoms with E-state index in [2.05, 4.69) is 4.98 Å². The van der Waals surface area contributed by atoms with Crippen molar-refractivity contribution >= 4 is 22.7 Å². The van der Waals surface area contributed by atoms with Crippen molar-refractivity contribution in [3.8, 4) is 0 Å². The molecule has 3 rings (SSSR count). The zero-order valence-corrected chi connectivity index (χ0v) is 15.8. The van der Waals surface area contributed by atoms with Gasteiger partial charge in [0.15, 0.2) is 0 Å². The standard InChI is InChI=1S/C20H23ClN4O2/c21-18-16-9-3-4-10-17(16)24-20(18,15-8-7-12-23-14-15)11-5-1-2-6-13-25(27)19(22)26/h3-4,7-10,12,14,27H,1-2,5-6,11,13H2,(H2,22,26). The molecule has 1 atom stereocenters. The Labute approximate surface area is 163 Å². The van der Waals surface area contributed by atoms with Crippen molar-refractivity contribution in [2.75, 3.05) is 6.54 Å². The van der Waals surface area contributed by atoms with Gasteiger partial charge in [0.25, 0.3) is 0 Å². The number of carbonyl (C=O) groups excluding carboxylic acids is 1. The number of rotatable bonds is 8. The highest BCUT2D eigenvalue weighted by Gasteiger charge is 2.38. The molecule has 7 heteroatoms. The molecule has 1 aliphatic heterocycles. The number of aromatic nitrogens is 1. The first-order chi connectivity index (χ1) is 13.0. The van der Waals surface area contributed by atoms with Crippen LogP contribution in [0.25, 0.3) is 5.03 Å². The summed E-state index contributed by atoms with van der Waals surface area (Å²) < 4.78 is 0. The highest BCUT2D eigenvalue weighted by atomic mass is 35.5. The predicted octanol–water partition coefficient (Wildman–Crippen LogP) is 2.68. The van der Waals surface area contributed by atoms with Crippen LogP contribution in [-0.4, -0.2) is 27.8 Å². The lowest BCUT2D eigenvalue weighted by atomic mass is 9.86. The minimum Gasteiger partial charge on any atom is -0.350 e. The lowest BCUT2D eigenvalue weighted by Crippen LogP contribution is -2.33. The second-order valence-corrected chi connectivity index (χ2v) is 7.05. The van der Waals surface area contributed by atoms with Crippen molar-refractivity contribution in [1.29, 1.82) is 0 Å². The van der Waals surface area contributed by atoms with Crippen LogP contribution in [-0.2, 0) is 5.54 Å². The number of urea groups is 1. The number of halogens is 1. The quantitative estimate of drug-likeness (QED) is 0.415. The monoisotopic (exact) mass is 386 g/mol. The Balaban J connectivity index is 1.71. The van der Waals surface area contributed by atoms with Gasteiger partial charge in [0, 0.05) is 23.2 Å². The topological polar surface area (TPSA) is 91.8 Å². The maximum atomic E-state index is 10.8. The largest absolute Gasteiger partial charge is 0.350 e. The van der Waals surface area contributed by atoms with Gasteiger partial charge in [-0.05, 0) is 25.0 Å². The molecule has 1 aromatic carbocycles. The van der Waals surface area contributed by atoms with Crippen molar-refractivity contribution in [2.24, 2.45) is 10.7 Å². The van der Waals surface area contributed by atoms with Crippen LogP contribution >= 0.6 is 11.6 Å². The van der Waals surface area contributed by atoms with Gasteiger partial charge in [-0.25, -0.2) is 9.86 Å². The minimum absolute atomic E-state index is 0.242. The van der Waals surface area contributed by atoms with Gasteiger partial charge in [-0.15, -0.1) is 0 Å². The first-order valence-electron chi connectivity index (χ1n) is 9.06. The summed E-state index contributed by atoms with van der Waals surface area (Å²) in [6, 6.07) is 11.0.